The van der Waals surface area contributed by atoms with Gasteiger partial charge >= 0.3 is 0 Å². The molecule has 0 saturated carbocycles. The topological polar surface area (TPSA) is 55.6 Å². The van der Waals surface area contributed by atoms with Crippen LogP contribution in [0.25, 0.3) is 0 Å². The van der Waals surface area contributed by atoms with E-state index in [1.807, 2.05) is 31.5 Å². The Morgan fingerprint density at radius 1 is 1.45 bits per heavy atom. The zero-order valence-electron chi connectivity index (χ0n) is 12.2. The Bertz CT molecular complexity index is 430. The van der Waals surface area contributed by atoms with E-state index in [1.165, 1.54) is 0 Å². The van der Waals surface area contributed by atoms with Crippen molar-refractivity contribution in [2.45, 2.75) is 24.3 Å². The monoisotopic (exact) mass is 318 g/mol. The summed E-state index contributed by atoms with van der Waals surface area (Å²) in [5.41, 5.74) is 6.48. The summed E-state index contributed by atoms with van der Waals surface area (Å²) >= 11 is 1.65. The highest BCUT2D eigenvalue weighted by atomic mass is 35.5. The summed E-state index contributed by atoms with van der Waals surface area (Å²) in [4.78, 5) is 14.6. The number of carbonyl (C=O) groups is 1. The molecule has 0 heterocycles. The largest absolute Gasteiger partial charge is 0.496 e. The molecule has 1 rings (SSSR count). The highest BCUT2D eigenvalue weighted by molar-refractivity contribution is 7.98. The lowest BCUT2D eigenvalue weighted by Crippen LogP contribution is -2.26. The minimum Gasteiger partial charge on any atom is -0.496 e. The minimum absolute atomic E-state index is 0. The van der Waals surface area contributed by atoms with Crippen LogP contribution in [0, 0.1) is 0 Å². The molecule has 0 spiro atoms. The van der Waals surface area contributed by atoms with Gasteiger partial charge in [-0.15, -0.1) is 24.2 Å². The molecule has 2 N–H and O–H groups in total. The summed E-state index contributed by atoms with van der Waals surface area (Å²) in [7, 11) is 3.47. The lowest BCUT2D eigenvalue weighted by molar-refractivity contribution is -0.130. The quantitative estimate of drug-likeness (QED) is 0.785. The zero-order chi connectivity index (χ0) is 14.3. The molecule has 0 aliphatic heterocycles. The molecule has 0 saturated heterocycles. The van der Waals surface area contributed by atoms with Gasteiger partial charge in [0.2, 0.25) is 5.91 Å². The van der Waals surface area contributed by atoms with Gasteiger partial charge in [0.25, 0.3) is 0 Å². The summed E-state index contributed by atoms with van der Waals surface area (Å²) in [6.45, 7) is 1.14. The Kier molecular flexibility index (Phi) is 9.46. The van der Waals surface area contributed by atoms with Crippen molar-refractivity contribution >= 4 is 30.1 Å². The van der Waals surface area contributed by atoms with Gasteiger partial charge in [-0.3, -0.25) is 4.79 Å². The van der Waals surface area contributed by atoms with Crippen LogP contribution in [-0.4, -0.2) is 37.8 Å². The second kappa shape index (κ2) is 9.91. The lowest BCUT2D eigenvalue weighted by atomic mass is 10.2. The molecule has 1 aromatic rings. The first-order valence-electron chi connectivity index (χ1n) is 6.27. The number of hydrogen-bond donors (Lipinski definition) is 1. The fraction of sp³-hybridized carbons (Fsp3) is 0.500. The molecule has 1 amide bonds. The van der Waals surface area contributed by atoms with Crippen molar-refractivity contribution < 1.29 is 9.53 Å². The van der Waals surface area contributed by atoms with Gasteiger partial charge in [0.05, 0.1) is 7.11 Å². The van der Waals surface area contributed by atoms with E-state index in [-0.39, 0.29) is 18.3 Å². The first-order valence-corrected chi connectivity index (χ1v) is 7.49. The number of nitrogens with zero attached hydrogens (tertiary/aromatic N) is 1. The molecule has 20 heavy (non-hydrogen) atoms. The summed E-state index contributed by atoms with van der Waals surface area (Å²) < 4.78 is 5.34. The molecule has 6 heteroatoms. The number of thioether (sulfide) groups is 1. The standard InChI is InChI=1S/C14H22N2O2S.ClH/c1-16(14(17)5-4-8-15)10-11-6-7-13(19-3)12(9-11)18-2;/h6-7,9H,4-5,8,10,15H2,1-3H3;1H. The van der Waals surface area contributed by atoms with Gasteiger partial charge in [-0.2, -0.15) is 0 Å². The second-order valence-electron chi connectivity index (χ2n) is 4.33. The molecule has 4 nitrogen and oxygen atoms in total. The van der Waals surface area contributed by atoms with Crippen molar-refractivity contribution in [3.8, 4) is 5.75 Å². The van der Waals surface area contributed by atoms with Crippen LogP contribution in [0.4, 0.5) is 0 Å². The van der Waals surface area contributed by atoms with Crippen LogP contribution >= 0.6 is 24.2 Å². The molecule has 0 aliphatic rings. The molecule has 114 valence electrons. The van der Waals surface area contributed by atoms with Crippen molar-refractivity contribution in [1.82, 2.24) is 4.90 Å². The van der Waals surface area contributed by atoms with Gasteiger partial charge in [0.1, 0.15) is 5.75 Å². The summed E-state index contributed by atoms with van der Waals surface area (Å²) in [5.74, 6) is 0.978. The SMILES string of the molecule is COc1cc(CN(C)C(=O)CCCN)ccc1SC.Cl. The number of halogens is 1. The van der Waals surface area contributed by atoms with Crippen LogP contribution in [0.1, 0.15) is 18.4 Å². The molecule has 0 bridgehead atoms. The molecule has 0 radical (unpaired) electrons. The molecular weight excluding hydrogens is 296 g/mol. The van der Waals surface area contributed by atoms with Crippen LogP contribution in [0.2, 0.25) is 0 Å². The van der Waals surface area contributed by atoms with Gasteiger partial charge in [-0.1, -0.05) is 6.07 Å². The second-order valence-corrected chi connectivity index (χ2v) is 5.18. The number of benzene rings is 1. The Morgan fingerprint density at radius 2 is 2.15 bits per heavy atom. The van der Waals surface area contributed by atoms with Crippen LogP contribution in [0.15, 0.2) is 23.1 Å². The van der Waals surface area contributed by atoms with Crippen LogP contribution < -0.4 is 10.5 Å². The van der Waals surface area contributed by atoms with E-state index in [4.69, 9.17) is 10.5 Å². The Balaban J connectivity index is 0.00000361. The van der Waals surface area contributed by atoms with Crippen molar-refractivity contribution in [2.24, 2.45) is 5.73 Å². The predicted octanol–water partition coefficient (Wildman–Crippen LogP) is 2.54. The van der Waals surface area contributed by atoms with Crippen molar-refractivity contribution in [3.63, 3.8) is 0 Å². The van der Waals surface area contributed by atoms with Crippen LogP contribution in [0.3, 0.4) is 0 Å². The maximum absolute atomic E-state index is 11.8. The van der Waals surface area contributed by atoms with Gasteiger partial charge in [-0.25, -0.2) is 0 Å². The number of amides is 1. The third-order valence-electron chi connectivity index (χ3n) is 2.89. The van der Waals surface area contributed by atoms with Gasteiger partial charge in [0.15, 0.2) is 0 Å². The Morgan fingerprint density at radius 3 is 2.70 bits per heavy atom. The maximum atomic E-state index is 11.8. The normalized spacial score (nSPS) is 9.80. The van der Waals surface area contributed by atoms with Crippen molar-refractivity contribution in [3.05, 3.63) is 23.8 Å². The summed E-state index contributed by atoms with van der Waals surface area (Å²) in [6.07, 6.45) is 3.25. The van der Waals surface area contributed by atoms with Crippen molar-refractivity contribution in [2.75, 3.05) is 27.0 Å². The van der Waals surface area contributed by atoms with Crippen LogP contribution in [-0.2, 0) is 11.3 Å². The highest BCUT2D eigenvalue weighted by Crippen LogP contribution is 2.28. The fourth-order valence-corrected chi connectivity index (χ4v) is 2.33. The van der Waals surface area contributed by atoms with Gasteiger partial charge in [-0.05, 0) is 36.9 Å². The van der Waals surface area contributed by atoms with E-state index in [9.17, 15) is 4.79 Å². The first-order chi connectivity index (χ1) is 9.12. The maximum Gasteiger partial charge on any atom is 0.222 e. The zero-order valence-corrected chi connectivity index (χ0v) is 13.9. The van der Waals surface area contributed by atoms with Crippen molar-refractivity contribution in [1.29, 1.82) is 0 Å². The van der Waals surface area contributed by atoms with E-state index in [2.05, 4.69) is 0 Å². The molecule has 0 aromatic heterocycles. The summed E-state index contributed by atoms with van der Waals surface area (Å²) in [6, 6.07) is 6.04. The molecule has 1 aromatic carbocycles. The Labute approximate surface area is 131 Å². The minimum atomic E-state index is 0. The number of nitrogens with two attached hydrogens (primary N) is 1. The van der Waals surface area contributed by atoms with Gasteiger partial charge < -0.3 is 15.4 Å². The number of ether oxygens (including phenoxy) is 1. The van der Waals surface area contributed by atoms with E-state index < -0.39 is 0 Å². The Hall–Kier alpha value is -0.910. The number of hydrogen-bond acceptors (Lipinski definition) is 4. The third kappa shape index (κ3) is 5.61. The highest BCUT2D eigenvalue weighted by Gasteiger charge is 2.10. The lowest BCUT2D eigenvalue weighted by Gasteiger charge is -2.18. The molecule has 0 fully saturated rings. The van der Waals surface area contributed by atoms with E-state index >= 15 is 0 Å². The van der Waals surface area contributed by atoms with E-state index in [0.717, 1.165) is 22.6 Å². The smallest absolute Gasteiger partial charge is 0.222 e. The number of rotatable bonds is 7. The van der Waals surface area contributed by atoms with Crippen LogP contribution in [0.5, 0.6) is 5.75 Å². The molecule has 0 unspecified atom stereocenters. The van der Waals surface area contributed by atoms with Gasteiger partial charge in [0, 0.05) is 24.9 Å². The van der Waals surface area contributed by atoms with E-state index in [0.29, 0.717) is 19.5 Å². The molecule has 0 aliphatic carbocycles. The predicted molar refractivity (Wildman–Crippen MR) is 86.8 cm³/mol. The third-order valence-corrected chi connectivity index (χ3v) is 3.67. The number of methoxy groups -OCH3 is 1. The first kappa shape index (κ1) is 19.1. The molecular formula is C14H23ClN2O2S. The average molecular weight is 319 g/mol. The fourth-order valence-electron chi connectivity index (χ4n) is 1.79. The molecule has 0 atom stereocenters. The summed E-state index contributed by atoms with van der Waals surface area (Å²) in [5, 5.41) is 0. The number of carbonyl (C=O) groups excluding carboxylic acids is 1. The average Bonchev–Trinajstić information content (AvgIpc) is 2.44. The van der Waals surface area contributed by atoms with E-state index in [1.54, 1.807) is 23.8 Å².